The van der Waals surface area contributed by atoms with Crippen molar-refractivity contribution in [3.63, 3.8) is 0 Å². The van der Waals surface area contributed by atoms with Crippen molar-refractivity contribution in [2.24, 2.45) is 0 Å². The molecule has 0 aromatic rings. The molecule has 0 aromatic heterocycles. The van der Waals surface area contributed by atoms with E-state index in [1.165, 1.54) is 231 Å². The van der Waals surface area contributed by atoms with E-state index in [2.05, 4.69) is 57.2 Å². The summed E-state index contributed by atoms with van der Waals surface area (Å²) in [5, 5.41) is 0. The van der Waals surface area contributed by atoms with Gasteiger partial charge in [0.05, 0.1) is 0 Å². The van der Waals surface area contributed by atoms with E-state index in [0.29, 0.717) is 19.3 Å². The van der Waals surface area contributed by atoms with E-state index in [4.69, 9.17) is 14.2 Å². The molecule has 0 saturated carbocycles. The van der Waals surface area contributed by atoms with Crippen LogP contribution in [-0.4, -0.2) is 37.2 Å². The Morgan fingerprint density at radius 2 is 0.507 bits per heavy atom. The summed E-state index contributed by atoms with van der Waals surface area (Å²) in [5.74, 6) is -0.863. The first-order chi connectivity index (χ1) is 35.0. The molecule has 6 nitrogen and oxygen atoms in total. The molecule has 0 aliphatic rings. The van der Waals surface area contributed by atoms with Crippen LogP contribution in [0.2, 0.25) is 0 Å². The Bertz CT molecular complexity index is 1190. The van der Waals surface area contributed by atoms with Gasteiger partial charge in [-0.25, -0.2) is 0 Å². The lowest BCUT2D eigenvalue weighted by molar-refractivity contribution is -0.167. The van der Waals surface area contributed by atoms with E-state index in [1.807, 2.05) is 0 Å². The summed E-state index contributed by atoms with van der Waals surface area (Å²) in [5.41, 5.74) is 0. The van der Waals surface area contributed by atoms with Gasteiger partial charge in [0.25, 0.3) is 0 Å². The lowest BCUT2D eigenvalue weighted by Crippen LogP contribution is -2.30. The molecule has 1 atom stereocenters. The lowest BCUT2D eigenvalue weighted by Gasteiger charge is -2.18. The third-order valence-electron chi connectivity index (χ3n) is 14.1. The third kappa shape index (κ3) is 58.4. The second-order valence-electron chi connectivity index (χ2n) is 21.3. The first-order valence-electron chi connectivity index (χ1n) is 31.5. The summed E-state index contributed by atoms with van der Waals surface area (Å²) < 4.78 is 16.9. The maximum Gasteiger partial charge on any atom is 0.306 e. The molecular formula is C65H120O6. The lowest BCUT2D eigenvalue weighted by atomic mass is 10.0. The molecule has 0 radical (unpaired) electrons. The molecule has 0 heterocycles. The minimum atomic E-state index is -0.776. The van der Waals surface area contributed by atoms with Crippen LogP contribution in [0.4, 0.5) is 0 Å². The van der Waals surface area contributed by atoms with Gasteiger partial charge in [-0.15, -0.1) is 0 Å². The van der Waals surface area contributed by atoms with Gasteiger partial charge >= 0.3 is 17.9 Å². The van der Waals surface area contributed by atoms with Crippen LogP contribution in [0.3, 0.4) is 0 Å². The first kappa shape index (κ1) is 68.6. The summed E-state index contributed by atoms with van der Waals surface area (Å²) in [6.45, 7) is 6.66. The van der Waals surface area contributed by atoms with Crippen LogP contribution >= 0.6 is 0 Å². The topological polar surface area (TPSA) is 78.9 Å². The Morgan fingerprint density at radius 3 is 0.817 bits per heavy atom. The maximum absolute atomic E-state index is 12.9. The average Bonchev–Trinajstić information content (AvgIpc) is 3.37. The number of ether oxygens (including phenoxy) is 3. The molecule has 0 fully saturated rings. The number of hydrogen-bond acceptors (Lipinski definition) is 6. The molecular weight excluding hydrogens is 877 g/mol. The number of rotatable bonds is 58. The molecule has 0 rings (SSSR count). The molecule has 6 heteroatoms. The van der Waals surface area contributed by atoms with Gasteiger partial charge in [-0.2, -0.15) is 0 Å². The van der Waals surface area contributed by atoms with Crippen molar-refractivity contribution in [2.45, 2.75) is 348 Å². The van der Waals surface area contributed by atoms with Crippen LogP contribution in [0, 0.1) is 0 Å². The van der Waals surface area contributed by atoms with Crippen LogP contribution in [0.5, 0.6) is 0 Å². The third-order valence-corrected chi connectivity index (χ3v) is 14.1. The van der Waals surface area contributed by atoms with Gasteiger partial charge in [0.15, 0.2) is 6.10 Å². The van der Waals surface area contributed by atoms with Crippen molar-refractivity contribution < 1.29 is 28.6 Å². The van der Waals surface area contributed by atoms with Crippen LogP contribution in [0.15, 0.2) is 36.5 Å². The largest absolute Gasteiger partial charge is 0.462 e. The molecule has 0 spiro atoms. The van der Waals surface area contributed by atoms with E-state index < -0.39 is 6.10 Å². The summed E-state index contributed by atoms with van der Waals surface area (Å²) >= 11 is 0. The molecule has 416 valence electrons. The monoisotopic (exact) mass is 997 g/mol. The molecule has 0 aliphatic heterocycles. The zero-order valence-corrected chi connectivity index (χ0v) is 47.8. The van der Waals surface area contributed by atoms with Crippen molar-refractivity contribution in [1.29, 1.82) is 0 Å². The van der Waals surface area contributed by atoms with Gasteiger partial charge in [0.1, 0.15) is 13.2 Å². The number of hydrogen-bond donors (Lipinski definition) is 0. The van der Waals surface area contributed by atoms with Crippen molar-refractivity contribution in [3.8, 4) is 0 Å². The first-order valence-corrected chi connectivity index (χ1v) is 31.5. The predicted octanol–water partition coefficient (Wildman–Crippen LogP) is 21.2. The molecule has 71 heavy (non-hydrogen) atoms. The quantitative estimate of drug-likeness (QED) is 0.0261. The highest BCUT2D eigenvalue weighted by Gasteiger charge is 2.19. The second kappa shape index (κ2) is 60.2. The van der Waals surface area contributed by atoms with Crippen molar-refractivity contribution in [1.82, 2.24) is 0 Å². The van der Waals surface area contributed by atoms with Gasteiger partial charge in [0, 0.05) is 19.3 Å². The van der Waals surface area contributed by atoms with E-state index in [-0.39, 0.29) is 31.1 Å². The Morgan fingerprint density at radius 1 is 0.282 bits per heavy atom. The fraction of sp³-hybridized carbons (Fsp3) is 0.862. The summed E-state index contributed by atoms with van der Waals surface area (Å²) in [7, 11) is 0. The van der Waals surface area contributed by atoms with E-state index in [1.54, 1.807) is 0 Å². The standard InChI is InChI=1S/C65H120O6/c1-4-7-10-13-16-19-22-25-28-30-32-34-37-39-42-45-48-51-54-57-63(66)69-60-62(71-65(68)59-56-53-50-47-44-41-36-27-24-21-18-15-12-9-6-3)61-70-64(67)58-55-52-49-46-43-40-38-35-33-31-29-26-23-20-17-14-11-8-5-2/h16,19,25,27-28,36,62H,4-15,17-18,20-24,26,29-35,37-61H2,1-3H3/b19-16-,28-25-,36-27-/t62-/m1/s1. The molecule has 0 N–H and O–H groups in total. The van der Waals surface area contributed by atoms with Crippen molar-refractivity contribution in [3.05, 3.63) is 36.5 Å². The Labute approximate surface area is 442 Å². The normalized spacial score (nSPS) is 12.2. The Kier molecular flexibility index (Phi) is 58.2. The van der Waals surface area contributed by atoms with Crippen LogP contribution in [0.25, 0.3) is 0 Å². The van der Waals surface area contributed by atoms with Gasteiger partial charge in [-0.05, 0) is 77.0 Å². The van der Waals surface area contributed by atoms with Crippen molar-refractivity contribution >= 4 is 17.9 Å². The van der Waals surface area contributed by atoms with Gasteiger partial charge in [-0.3, -0.25) is 14.4 Å². The fourth-order valence-corrected chi connectivity index (χ4v) is 9.35. The molecule has 0 aliphatic carbocycles. The van der Waals surface area contributed by atoms with Gasteiger partial charge < -0.3 is 14.2 Å². The maximum atomic E-state index is 12.9. The molecule has 0 unspecified atom stereocenters. The van der Waals surface area contributed by atoms with E-state index >= 15 is 0 Å². The predicted molar refractivity (Wildman–Crippen MR) is 307 cm³/mol. The molecule has 0 aromatic carbocycles. The summed E-state index contributed by atoms with van der Waals surface area (Å²) in [6, 6.07) is 0. The molecule has 0 bridgehead atoms. The number of carbonyl (C=O) groups excluding carboxylic acids is 3. The van der Waals surface area contributed by atoms with Crippen LogP contribution < -0.4 is 0 Å². The summed E-state index contributed by atoms with van der Waals surface area (Å²) in [6.07, 6.45) is 72.8. The highest BCUT2D eigenvalue weighted by Crippen LogP contribution is 2.17. The van der Waals surface area contributed by atoms with E-state index in [0.717, 1.165) is 70.6 Å². The highest BCUT2D eigenvalue weighted by molar-refractivity contribution is 5.71. The smallest absolute Gasteiger partial charge is 0.306 e. The van der Waals surface area contributed by atoms with Gasteiger partial charge in [-0.1, -0.05) is 282 Å². The number of carbonyl (C=O) groups is 3. The number of esters is 3. The zero-order chi connectivity index (χ0) is 51.4. The molecule has 0 amide bonds. The zero-order valence-electron chi connectivity index (χ0n) is 47.8. The SMILES string of the molecule is CCCCC/C=C\C/C=C\CCCCCCCCCCCC(=O)OC[C@H](COC(=O)CCCCCCCCCCCCCCCCCCCCC)OC(=O)CCCCCCC/C=C\CCCCCCCC. The van der Waals surface area contributed by atoms with Gasteiger partial charge in [0.2, 0.25) is 0 Å². The Hall–Kier alpha value is -2.37. The Balaban J connectivity index is 4.32. The molecule has 0 saturated heterocycles. The van der Waals surface area contributed by atoms with Crippen molar-refractivity contribution in [2.75, 3.05) is 13.2 Å². The van der Waals surface area contributed by atoms with Crippen LogP contribution in [-0.2, 0) is 28.6 Å². The second-order valence-corrected chi connectivity index (χ2v) is 21.3. The van der Waals surface area contributed by atoms with E-state index in [9.17, 15) is 14.4 Å². The minimum Gasteiger partial charge on any atom is -0.462 e. The number of unbranched alkanes of at least 4 members (excludes halogenated alkanes) is 41. The summed E-state index contributed by atoms with van der Waals surface area (Å²) in [4.78, 5) is 38.3. The van der Waals surface area contributed by atoms with Crippen LogP contribution in [0.1, 0.15) is 342 Å². The highest BCUT2D eigenvalue weighted by atomic mass is 16.6. The minimum absolute atomic E-state index is 0.0725. The average molecular weight is 998 g/mol. The fourth-order valence-electron chi connectivity index (χ4n) is 9.35. The number of allylic oxidation sites excluding steroid dienone is 6.